The Kier molecular flexibility index (Phi) is 6.42. The van der Waals surface area contributed by atoms with Crippen LogP contribution in [0.1, 0.15) is 51.1 Å². The fourth-order valence-electron chi connectivity index (χ4n) is 1.84. The lowest BCUT2D eigenvalue weighted by Crippen LogP contribution is -2.04. The minimum absolute atomic E-state index is 0.656. The minimum Gasteiger partial charge on any atom is -0.259 e. The monoisotopic (exact) mass is 429 g/mol. The molecule has 15 heavy (non-hydrogen) atoms. The van der Waals surface area contributed by atoms with Gasteiger partial charge < -0.3 is 0 Å². The lowest BCUT2D eigenvalue weighted by molar-refractivity contribution is 0.546. The Labute approximate surface area is 120 Å². The number of aromatic nitrogens is 1. The molecule has 1 aromatic heterocycles. The summed E-state index contributed by atoms with van der Waals surface area (Å²) < 4.78 is 2.55. The number of hydrogen-bond donors (Lipinski definition) is 0. The quantitative estimate of drug-likeness (QED) is 0.603. The Morgan fingerprint density at radius 3 is 2.27 bits per heavy atom. The van der Waals surface area contributed by atoms with Crippen molar-refractivity contribution in [3.8, 4) is 0 Å². The maximum atomic E-state index is 4.60. The molecule has 0 atom stereocenters. The van der Waals surface area contributed by atoms with Crippen LogP contribution in [0, 0.1) is 7.14 Å². The molecule has 3 heteroatoms. The van der Waals surface area contributed by atoms with Gasteiger partial charge in [0.1, 0.15) is 0 Å². The molecule has 0 N–H and O–H groups in total. The van der Waals surface area contributed by atoms with Crippen molar-refractivity contribution in [2.24, 2.45) is 0 Å². The summed E-state index contributed by atoms with van der Waals surface area (Å²) in [5.41, 5.74) is 1.31. The average Bonchev–Trinajstić information content (AvgIpc) is 2.17. The zero-order valence-corrected chi connectivity index (χ0v) is 13.6. The van der Waals surface area contributed by atoms with Gasteiger partial charge in [-0.15, -0.1) is 0 Å². The normalized spacial score (nSPS) is 11.0. The zero-order chi connectivity index (χ0) is 11.3. The fraction of sp³-hybridized carbons (Fsp3) is 0.583. The Morgan fingerprint density at radius 1 is 1.20 bits per heavy atom. The topological polar surface area (TPSA) is 12.9 Å². The lowest BCUT2D eigenvalue weighted by Gasteiger charge is -2.16. The molecule has 1 heterocycles. The van der Waals surface area contributed by atoms with E-state index in [1.54, 1.807) is 0 Å². The zero-order valence-electron chi connectivity index (χ0n) is 9.26. The fourth-order valence-corrected chi connectivity index (χ4v) is 3.80. The standard InChI is InChI=1S/C12H17I2N/c1-3-5-9(6-4-2)12-11(14)7-10(13)8-15-12/h7-9H,3-6H2,1-2H3. The average molecular weight is 429 g/mol. The summed E-state index contributed by atoms with van der Waals surface area (Å²) in [4.78, 5) is 4.60. The second-order valence-corrected chi connectivity index (χ2v) is 6.20. The van der Waals surface area contributed by atoms with Crippen LogP contribution in [0.15, 0.2) is 12.3 Å². The maximum Gasteiger partial charge on any atom is 0.0568 e. The summed E-state index contributed by atoms with van der Waals surface area (Å²) in [5, 5.41) is 0. The Hall–Kier alpha value is 0.610. The molecule has 0 radical (unpaired) electrons. The molecule has 0 fully saturated rings. The van der Waals surface area contributed by atoms with E-state index in [0.29, 0.717) is 5.92 Å². The third-order valence-electron chi connectivity index (χ3n) is 2.50. The number of rotatable bonds is 5. The molecule has 0 amide bonds. The van der Waals surface area contributed by atoms with E-state index in [1.165, 1.54) is 38.5 Å². The van der Waals surface area contributed by atoms with E-state index in [4.69, 9.17) is 0 Å². The summed E-state index contributed by atoms with van der Waals surface area (Å²) in [6.45, 7) is 4.50. The summed E-state index contributed by atoms with van der Waals surface area (Å²) in [5.74, 6) is 0.656. The third kappa shape index (κ3) is 4.17. The smallest absolute Gasteiger partial charge is 0.0568 e. The molecule has 84 valence electrons. The van der Waals surface area contributed by atoms with Crippen molar-refractivity contribution in [2.75, 3.05) is 0 Å². The van der Waals surface area contributed by atoms with E-state index in [1.807, 2.05) is 6.20 Å². The van der Waals surface area contributed by atoms with Gasteiger partial charge in [-0.2, -0.15) is 0 Å². The number of nitrogens with zero attached hydrogens (tertiary/aromatic N) is 1. The first kappa shape index (κ1) is 13.7. The molecule has 0 saturated carbocycles. The van der Waals surface area contributed by atoms with Gasteiger partial charge in [0, 0.05) is 19.3 Å². The molecule has 0 aromatic carbocycles. The van der Waals surface area contributed by atoms with Gasteiger partial charge in [0.05, 0.1) is 5.69 Å². The van der Waals surface area contributed by atoms with Crippen LogP contribution in [0.2, 0.25) is 0 Å². The second-order valence-electron chi connectivity index (χ2n) is 3.79. The highest BCUT2D eigenvalue weighted by molar-refractivity contribution is 14.1. The van der Waals surface area contributed by atoms with Crippen molar-refractivity contribution in [3.05, 3.63) is 25.1 Å². The Balaban J connectivity index is 2.89. The van der Waals surface area contributed by atoms with Gasteiger partial charge in [-0.05, 0) is 64.1 Å². The van der Waals surface area contributed by atoms with Crippen molar-refractivity contribution < 1.29 is 0 Å². The molecule has 0 saturated heterocycles. The van der Waals surface area contributed by atoms with E-state index in [2.05, 4.69) is 70.1 Å². The second kappa shape index (κ2) is 7.04. The van der Waals surface area contributed by atoms with Gasteiger partial charge in [-0.3, -0.25) is 4.98 Å². The van der Waals surface area contributed by atoms with Crippen LogP contribution in [-0.4, -0.2) is 4.98 Å². The first-order valence-electron chi connectivity index (χ1n) is 5.50. The minimum atomic E-state index is 0.656. The van der Waals surface area contributed by atoms with E-state index < -0.39 is 0 Å². The molecule has 0 spiro atoms. The summed E-state index contributed by atoms with van der Waals surface area (Å²) in [7, 11) is 0. The summed E-state index contributed by atoms with van der Waals surface area (Å²) >= 11 is 4.73. The highest BCUT2D eigenvalue weighted by atomic mass is 127. The molecule has 1 aromatic rings. The highest BCUT2D eigenvalue weighted by Crippen LogP contribution is 2.28. The van der Waals surface area contributed by atoms with Gasteiger partial charge in [-0.25, -0.2) is 0 Å². The van der Waals surface area contributed by atoms with Gasteiger partial charge in [0.2, 0.25) is 0 Å². The number of halogens is 2. The largest absolute Gasteiger partial charge is 0.259 e. The molecule has 0 bridgehead atoms. The number of pyridine rings is 1. The lowest BCUT2D eigenvalue weighted by atomic mass is 9.94. The van der Waals surface area contributed by atoms with E-state index in [9.17, 15) is 0 Å². The molecular weight excluding hydrogens is 412 g/mol. The van der Waals surface area contributed by atoms with Crippen LogP contribution in [0.25, 0.3) is 0 Å². The molecule has 0 unspecified atom stereocenters. The first-order chi connectivity index (χ1) is 7.19. The van der Waals surface area contributed by atoms with Crippen molar-refractivity contribution in [1.82, 2.24) is 4.98 Å². The van der Waals surface area contributed by atoms with Gasteiger partial charge in [0.15, 0.2) is 0 Å². The molecule has 0 aliphatic carbocycles. The van der Waals surface area contributed by atoms with E-state index in [0.717, 1.165) is 0 Å². The Morgan fingerprint density at radius 2 is 1.80 bits per heavy atom. The Bertz CT molecular complexity index is 306. The van der Waals surface area contributed by atoms with Crippen molar-refractivity contribution in [1.29, 1.82) is 0 Å². The predicted octanol–water partition coefficient (Wildman–Crippen LogP) is 4.97. The third-order valence-corrected chi connectivity index (χ3v) is 3.95. The van der Waals surface area contributed by atoms with Crippen LogP contribution in [0.4, 0.5) is 0 Å². The first-order valence-corrected chi connectivity index (χ1v) is 7.65. The SMILES string of the molecule is CCCC(CCC)c1ncc(I)cc1I. The van der Waals surface area contributed by atoms with Gasteiger partial charge in [0.25, 0.3) is 0 Å². The van der Waals surface area contributed by atoms with Crippen molar-refractivity contribution in [2.45, 2.75) is 45.4 Å². The van der Waals surface area contributed by atoms with E-state index >= 15 is 0 Å². The van der Waals surface area contributed by atoms with Gasteiger partial charge in [-0.1, -0.05) is 26.7 Å². The molecule has 1 nitrogen and oxygen atoms in total. The molecule has 0 aliphatic heterocycles. The van der Waals surface area contributed by atoms with Crippen LogP contribution in [-0.2, 0) is 0 Å². The maximum absolute atomic E-state index is 4.60. The van der Waals surface area contributed by atoms with Crippen molar-refractivity contribution >= 4 is 45.2 Å². The highest BCUT2D eigenvalue weighted by Gasteiger charge is 2.14. The number of hydrogen-bond acceptors (Lipinski definition) is 1. The van der Waals surface area contributed by atoms with Gasteiger partial charge >= 0.3 is 0 Å². The summed E-state index contributed by atoms with van der Waals surface area (Å²) in [6.07, 6.45) is 6.99. The molecular formula is C12H17I2N. The molecule has 1 rings (SSSR count). The predicted molar refractivity (Wildman–Crippen MR) is 82.2 cm³/mol. The summed E-state index contributed by atoms with van der Waals surface area (Å²) in [6, 6.07) is 2.22. The van der Waals surface area contributed by atoms with E-state index in [-0.39, 0.29) is 0 Å². The van der Waals surface area contributed by atoms with Crippen LogP contribution >= 0.6 is 45.2 Å². The molecule has 0 aliphatic rings. The van der Waals surface area contributed by atoms with Crippen LogP contribution < -0.4 is 0 Å². The van der Waals surface area contributed by atoms with Crippen molar-refractivity contribution in [3.63, 3.8) is 0 Å². The van der Waals surface area contributed by atoms with Crippen LogP contribution in [0.5, 0.6) is 0 Å². The van der Waals surface area contributed by atoms with Crippen LogP contribution in [0.3, 0.4) is 0 Å².